The molecular weight excluding hydrogens is 448 g/mol. The molecule has 2 aromatic carbocycles. The molecule has 0 aliphatic carbocycles. The molecule has 1 N–H and O–H groups in total. The van der Waals surface area contributed by atoms with E-state index in [4.69, 9.17) is 21.7 Å². The van der Waals surface area contributed by atoms with E-state index in [-0.39, 0.29) is 17.7 Å². The molecular formula is C22H20F4N2O3S. The summed E-state index contributed by atoms with van der Waals surface area (Å²) >= 11 is 5.21. The summed E-state index contributed by atoms with van der Waals surface area (Å²) in [6.45, 7) is 2.06. The Hall–Kier alpha value is -3.14. The Morgan fingerprint density at radius 3 is 2.44 bits per heavy atom. The number of ether oxygens (including phenoxy) is 2. The Morgan fingerprint density at radius 2 is 1.81 bits per heavy atom. The molecule has 0 aromatic heterocycles. The van der Waals surface area contributed by atoms with E-state index < -0.39 is 35.6 Å². The normalized spacial score (nSPS) is 14.8. The van der Waals surface area contributed by atoms with E-state index in [9.17, 15) is 22.4 Å². The number of thiocarbonyl (C=S) groups is 1. The summed E-state index contributed by atoms with van der Waals surface area (Å²) in [7, 11) is 1.38. The number of nitrogens with zero attached hydrogens (tertiary/aromatic N) is 1. The first-order valence-corrected chi connectivity index (χ1v) is 10.1. The van der Waals surface area contributed by atoms with Gasteiger partial charge >= 0.3 is 0 Å². The van der Waals surface area contributed by atoms with Gasteiger partial charge in [0.1, 0.15) is 18.1 Å². The van der Waals surface area contributed by atoms with Crippen molar-refractivity contribution in [2.75, 3.05) is 13.7 Å². The van der Waals surface area contributed by atoms with Gasteiger partial charge in [0.05, 0.1) is 7.11 Å². The molecule has 2 aromatic rings. The number of carbonyl (C=O) groups excluding carboxylic acids is 1. The number of halogens is 4. The fraction of sp³-hybridized carbons (Fsp3) is 0.273. The number of benzene rings is 2. The van der Waals surface area contributed by atoms with Crippen LogP contribution in [0.1, 0.15) is 30.9 Å². The summed E-state index contributed by atoms with van der Waals surface area (Å²) in [4.78, 5) is 14.1. The van der Waals surface area contributed by atoms with E-state index in [0.717, 1.165) is 12.8 Å². The summed E-state index contributed by atoms with van der Waals surface area (Å²) in [6, 6.07) is 4.89. The number of unbranched alkanes of at least 4 members (excludes halogenated alkanes) is 1. The lowest BCUT2D eigenvalue weighted by molar-refractivity contribution is -0.122. The SMILES string of the molecule is CCCCN1C(=O)/C(=C\c2ccc(OC)c(COc3c(F)c(F)cc(F)c3F)c2)NC1=S. The fourth-order valence-corrected chi connectivity index (χ4v) is 3.37. The van der Waals surface area contributed by atoms with Crippen LogP contribution in [0.3, 0.4) is 0 Å². The minimum atomic E-state index is -1.64. The maximum Gasteiger partial charge on any atom is 0.276 e. The van der Waals surface area contributed by atoms with Crippen molar-refractivity contribution in [3.63, 3.8) is 0 Å². The van der Waals surface area contributed by atoms with Gasteiger partial charge in [-0.3, -0.25) is 9.69 Å². The van der Waals surface area contributed by atoms with Crippen molar-refractivity contribution in [1.82, 2.24) is 10.2 Å². The lowest BCUT2D eigenvalue weighted by Crippen LogP contribution is -2.31. The topological polar surface area (TPSA) is 50.8 Å². The van der Waals surface area contributed by atoms with Gasteiger partial charge in [0.25, 0.3) is 5.91 Å². The van der Waals surface area contributed by atoms with Gasteiger partial charge in [-0.15, -0.1) is 0 Å². The van der Waals surface area contributed by atoms with Gasteiger partial charge in [-0.1, -0.05) is 19.4 Å². The second-order valence-electron chi connectivity index (χ2n) is 6.96. The first kappa shape index (κ1) is 23.5. The molecule has 3 rings (SSSR count). The highest BCUT2D eigenvalue weighted by atomic mass is 32.1. The second-order valence-corrected chi connectivity index (χ2v) is 7.34. The van der Waals surface area contributed by atoms with Gasteiger partial charge in [-0.2, -0.15) is 8.78 Å². The molecule has 10 heteroatoms. The zero-order valence-electron chi connectivity index (χ0n) is 17.3. The summed E-state index contributed by atoms with van der Waals surface area (Å²) < 4.78 is 64.8. The van der Waals surface area contributed by atoms with E-state index in [0.29, 0.717) is 28.5 Å². The Morgan fingerprint density at radius 1 is 1.12 bits per heavy atom. The minimum absolute atomic E-state index is 0.102. The van der Waals surface area contributed by atoms with Crippen LogP contribution in [0.25, 0.3) is 6.08 Å². The third kappa shape index (κ3) is 4.85. The van der Waals surface area contributed by atoms with Crippen molar-refractivity contribution in [3.8, 4) is 11.5 Å². The molecule has 1 aliphatic rings. The van der Waals surface area contributed by atoms with Crippen LogP contribution in [0.5, 0.6) is 11.5 Å². The van der Waals surface area contributed by atoms with E-state index in [1.54, 1.807) is 24.3 Å². The summed E-state index contributed by atoms with van der Waals surface area (Å²) in [6.07, 6.45) is 3.27. The average Bonchev–Trinajstić information content (AvgIpc) is 3.03. The molecule has 5 nitrogen and oxygen atoms in total. The Balaban J connectivity index is 1.85. The average molecular weight is 468 g/mol. The molecule has 0 saturated carbocycles. The highest BCUT2D eigenvalue weighted by Crippen LogP contribution is 2.29. The van der Waals surface area contributed by atoms with Crippen LogP contribution >= 0.6 is 12.2 Å². The van der Waals surface area contributed by atoms with Gasteiger partial charge in [0.15, 0.2) is 22.5 Å². The van der Waals surface area contributed by atoms with E-state index in [1.807, 2.05) is 6.92 Å². The third-order valence-corrected chi connectivity index (χ3v) is 5.08. The number of carbonyl (C=O) groups is 1. The summed E-state index contributed by atoms with van der Waals surface area (Å²) in [5.41, 5.74) is 1.15. The maximum atomic E-state index is 13.9. The fourth-order valence-electron chi connectivity index (χ4n) is 3.09. The number of rotatable bonds is 8. The Bertz CT molecular complexity index is 1070. The van der Waals surface area contributed by atoms with Gasteiger partial charge in [0.2, 0.25) is 11.6 Å². The smallest absolute Gasteiger partial charge is 0.276 e. The van der Waals surface area contributed by atoms with Crippen LogP contribution in [0.4, 0.5) is 17.6 Å². The Labute approximate surface area is 187 Å². The molecule has 1 amide bonds. The molecule has 0 radical (unpaired) electrons. The highest BCUT2D eigenvalue weighted by Gasteiger charge is 2.30. The molecule has 0 atom stereocenters. The van der Waals surface area contributed by atoms with Gasteiger partial charge in [0, 0.05) is 18.2 Å². The van der Waals surface area contributed by atoms with E-state index in [1.165, 1.54) is 12.0 Å². The first-order valence-electron chi connectivity index (χ1n) is 9.74. The van der Waals surface area contributed by atoms with Crippen LogP contribution in [0.15, 0.2) is 30.0 Å². The molecule has 0 spiro atoms. The van der Waals surface area contributed by atoms with E-state index >= 15 is 0 Å². The zero-order valence-corrected chi connectivity index (χ0v) is 18.1. The van der Waals surface area contributed by atoms with Crippen LogP contribution in [-0.4, -0.2) is 29.6 Å². The van der Waals surface area contributed by atoms with Crippen molar-refractivity contribution in [1.29, 1.82) is 0 Å². The molecule has 170 valence electrons. The number of hydrogen-bond acceptors (Lipinski definition) is 4. The number of hydrogen-bond donors (Lipinski definition) is 1. The van der Waals surface area contributed by atoms with Crippen molar-refractivity contribution in [2.45, 2.75) is 26.4 Å². The Kier molecular flexibility index (Phi) is 7.34. The van der Waals surface area contributed by atoms with Crippen molar-refractivity contribution in [3.05, 3.63) is 64.4 Å². The summed E-state index contributed by atoms with van der Waals surface area (Å²) in [5, 5.41) is 3.18. The van der Waals surface area contributed by atoms with Gasteiger partial charge in [-0.25, -0.2) is 8.78 Å². The van der Waals surface area contributed by atoms with Crippen LogP contribution in [0.2, 0.25) is 0 Å². The largest absolute Gasteiger partial charge is 0.496 e. The standard InChI is InChI=1S/C22H20F4N2O3S/c1-3-4-7-28-21(29)16(27-22(28)32)9-12-5-6-17(30-2)13(8-12)11-31-20-18(25)14(23)10-15(24)19(20)26/h5-6,8-10H,3-4,7,11H2,1-2H3,(H,27,32)/b16-9+. The van der Waals surface area contributed by atoms with Crippen molar-refractivity contribution in [2.24, 2.45) is 0 Å². The van der Waals surface area contributed by atoms with Crippen LogP contribution in [-0.2, 0) is 11.4 Å². The van der Waals surface area contributed by atoms with Crippen LogP contribution < -0.4 is 14.8 Å². The number of amides is 1. The van der Waals surface area contributed by atoms with Crippen molar-refractivity contribution >= 4 is 29.3 Å². The maximum absolute atomic E-state index is 13.9. The first-order chi connectivity index (χ1) is 15.3. The molecule has 0 bridgehead atoms. The number of nitrogens with one attached hydrogen (secondary N) is 1. The summed E-state index contributed by atoms with van der Waals surface area (Å²) in [5.74, 6) is -7.53. The molecule has 1 saturated heterocycles. The number of methoxy groups -OCH3 is 1. The van der Waals surface area contributed by atoms with E-state index in [2.05, 4.69) is 5.32 Å². The highest BCUT2D eigenvalue weighted by molar-refractivity contribution is 7.80. The second kappa shape index (κ2) is 9.99. The minimum Gasteiger partial charge on any atom is -0.496 e. The molecule has 32 heavy (non-hydrogen) atoms. The molecule has 0 unspecified atom stereocenters. The zero-order chi connectivity index (χ0) is 23.4. The molecule has 1 aliphatic heterocycles. The monoisotopic (exact) mass is 468 g/mol. The van der Waals surface area contributed by atoms with Gasteiger partial charge in [-0.05, 0) is 42.4 Å². The third-order valence-electron chi connectivity index (χ3n) is 4.76. The van der Waals surface area contributed by atoms with Crippen molar-refractivity contribution < 1.29 is 31.8 Å². The lowest BCUT2D eigenvalue weighted by atomic mass is 10.1. The van der Waals surface area contributed by atoms with Gasteiger partial charge < -0.3 is 14.8 Å². The molecule has 1 fully saturated rings. The predicted molar refractivity (Wildman–Crippen MR) is 114 cm³/mol. The quantitative estimate of drug-likeness (QED) is 0.264. The molecule has 1 heterocycles. The predicted octanol–water partition coefficient (Wildman–Crippen LogP) is 4.69. The van der Waals surface area contributed by atoms with Crippen LogP contribution in [0, 0.1) is 23.3 Å². The lowest BCUT2D eigenvalue weighted by Gasteiger charge is -2.13.